The van der Waals surface area contributed by atoms with E-state index in [0.717, 1.165) is 35.3 Å². The first-order valence-electron chi connectivity index (χ1n) is 6.01. The number of nitrogens with zero attached hydrogens (tertiary/aromatic N) is 3. The smallest absolute Gasteiger partial charge is 0.160 e. The molecule has 1 fully saturated rings. The summed E-state index contributed by atoms with van der Waals surface area (Å²) in [4.78, 5) is 0. The Bertz CT molecular complexity index is 542. The Balaban J connectivity index is 2.19. The molecule has 3 heterocycles. The lowest BCUT2D eigenvalue weighted by molar-refractivity contribution is 0.349. The third kappa shape index (κ3) is 1.68. The van der Waals surface area contributed by atoms with Gasteiger partial charge in [0.2, 0.25) is 0 Å². The molecule has 0 radical (unpaired) electrons. The second-order valence-corrected chi connectivity index (χ2v) is 5.48. The van der Waals surface area contributed by atoms with Gasteiger partial charge in [0.25, 0.3) is 0 Å². The van der Waals surface area contributed by atoms with Crippen molar-refractivity contribution in [3.63, 3.8) is 0 Å². The average molecular weight is 295 g/mol. The summed E-state index contributed by atoms with van der Waals surface area (Å²) in [6, 6.07) is 3.98. The van der Waals surface area contributed by atoms with E-state index in [1.807, 2.05) is 18.3 Å². The van der Waals surface area contributed by atoms with Crippen LogP contribution in [0.5, 0.6) is 0 Å². The van der Waals surface area contributed by atoms with Crippen LogP contribution in [-0.2, 0) is 5.54 Å². The monoisotopic (exact) mass is 294 g/mol. The second-order valence-electron chi connectivity index (χ2n) is 4.57. The van der Waals surface area contributed by atoms with E-state index in [4.69, 9.17) is 0 Å². The zero-order valence-corrected chi connectivity index (χ0v) is 11.4. The van der Waals surface area contributed by atoms with E-state index in [1.165, 1.54) is 6.42 Å². The minimum absolute atomic E-state index is 0.000208. The van der Waals surface area contributed by atoms with Crippen molar-refractivity contribution < 1.29 is 0 Å². The molecule has 1 N–H and O–H groups in total. The van der Waals surface area contributed by atoms with Crippen molar-refractivity contribution in [1.82, 2.24) is 19.9 Å². The van der Waals surface area contributed by atoms with Gasteiger partial charge in [0.15, 0.2) is 11.5 Å². The fraction of sp³-hybridized carbons (Fsp3) is 0.500. The molecule has 17 heavy (non-hydrogen) atoms. The van der Waals surface area contributed by atoms with E-state index in [9.17, 15) is 0 Å². The molecule has 5 heteroatoms. The van der Waals surface area contributed by atoms with Crippen LogP contribution in [-0.4, -0.2) is 21.1 Å². The Hall–Kier alpha value is -0.940. The Kier molecular flexibility index (Phi) is 2.67. The Morgan fingerprint density at radius 2 is 2.35 bits per heavy atom. The molecule has 2 aromatic heterocycles. The molecule has 1 atom stereocenters. The van der Waals surface area contributed by atoms with Crippen molar-refractivity contribution in [1.29, 1.82) is 0 Å². The molecule has 0 aliphatic carbocycles. The van der Waals surface area contributed by atoms with Crippen molar-refractivity contribution in [2.45, 2.75) is 31.7 Å². The van der Waals surface area contributed by atoms with E-state index in [2.05, 4.69) is 42.8 Å². The molecular weight excluding hydrogens is 280 g/mol. The van der Waals surface area contributed by atoms with E-state index >= 15 is 0 Å². The fourth-order valence-electron chi connectivity index (χ4n) is 2.65. The van der Waals surface area contributed by atoms with Gasteiger partial charge in [-0.2, -0.15) is 0 Å². The predicted octanol–water partition coefficient (Wildman–Crippen LogP) is 2.48. The lowest BCUT2D eigenvalue weighted by atomic mass is 9.93. The molecule has 1 saturated heterocycles. The van der Waals surface area contributed by atoms with Crippen LogP contribution < -0.4 is 5.32 Å². The molecule has 0 spiro atoms. The van der Waals surface area contributed by atoms with Crippen molar-refractivity contribution in [2.24, 2.45) is 0 Å². The molecule has 4 nitrogen and oxygen atoms in total. The number of fused-ring (bicyclic) bond motifs is 1. The van der Waals surface area contributed by atoms with Crippen LogP contribution in [0.25, 0.3) is 5.65 Å². The lowest BCUT2D eigenvalue weighted by Gasteiger charge is -2.26. The van der Waals surface area contributed by atoms with E-state index in [-0.39, 0.29) is 5.54 Å². The van der Waals surface area contributed by atoms with Gasteiger partial charge in [-0.25, -0.2) is 0 Å². The summed E-state index contributed by atoms with van der Waals surface area (Å²) in [5.41, 5.74) is 0.907. The molecule has 0 amide bonds. The zero-order valence-electron chi connectivity index (χ0n) is 9.78. The van der Waals surface area contributed by atoms with Gasteiger partial charge in [-0.1, -0.05) is 6.92 Å². The van der Waals surface area contributed by atoms with E-state index < -0.39 is 0 Å². The molecule has 0 aromatic carbocycles. The normalized spacial score (nSPS) is 24.6. The molecule has 3 rings (SSSR count). The molecule has 90 valence electrons. The minimum atomic E-state index is 0.000208. The number of pyridine rings is 1. The number of hydrogen-bond acceptors (Lipinski definition) is 3. The summed E-state index contributed by atoms with van der Waals surface area (Å²) in [6.07, 6.45) is 5.43. The van der Waals surface area contributed by atoms with Gasteiger partial charge in [-0.05, 0) is 53.9 Å². The molecule has 2 aromatic rings. The minimum Gasteiger partial charge on any atom is -0.305 e. The maximum absolute atomic E-state index is 4.39. The van der Waals surface area contributed by atoms with Gasteiger partial charge in [0, 0.05) is 10.7 Å². The van der Waals surface area contributed by atoms with E-state index in [0.29, 0.717) is 0 Å². The number of hydrogen-bond donors (Lipinski definition) is 1. The summed E-state index contributed by atoms with van der Waals surface area (Å²) < 4.78 is 3.14. The highest BCUT2D eigenvalue weighted by atomic mass is 79.9. The first-order valence-corrected chi connectivity index (χ1v) is 6.80. The van der Waals surface area contributed by atoms with Crippen molar-refractivity contribution in [3.05, 3.63) is 28.6 Å². The molecule has 1 aliphatic heterocycles. The molecule has 0 saturated carbocycles. The summed E-state index contributed by atoms with van der Waals surface area (Å²) in [5, 5.41) is 12.2. The van der Waals surface area contributed by atoms with Crippen molar-refractivity contribution in [2.75, 3.05) is 6.54 Å². The summed E-state index contributed by atoms with van der Waals surface area (Å²) in [5.74, 6) is 1.04. The fourth-order valence-corrected chi connectivity index (χ4v) is 2.99. The number of halogens is 1. The van der Waals surface area contributed by atoms with Crippen LogP contribution >= 0.6 is 15.9 Å². The van der Waals surface area contributed by atoms with Crippen LogP contribution in [0.4, 0.5) is 0 Å². The molecule has 1 aliphatic rings. The maximum Gasteiger partial charge on any atom is 0.160 e. The number of nitrogens with one attached hydrogen (secondary N) is 1. The largest absolute Gasteiger partial charge is 0.305 e. The van der Waals surface area contributed by atoms with Crippen molar-refractivity contribution >= 4 is 21.6 Å². The first kappa shape index (κ1) is 11.2. The van der Waals surface area contributed by atoms with E-state index in [1.54, 1.807) is 0 Å². The third-order valence-electron chi connectivity index (χ3n) is 3.64. The van der Waals surface area contributed by atoms with Crippen LogP contribution in [0.3, 0.4) is 0 Å². The predicted molar refractivity (Wildman–Crippen MR) is 69.9 cm³/mol. The summed E-state index contributed by atoms with van der Waals surface area (Å²) in [6.45, 7) is 3.27. The highest BCUT2D eigenvalue weighted by Crippen LogP contribution is 2.33. The van der Waals surface area contributed by atoms with Gasteiger partial charge in [-0.3, -0.25) is 4.40 Å². The summed E-state index contributed by atoms with van der Waals surface area (Å²) in [7, 11) is 0. The van der Waals surface area contributed by atoms with Crippen LogP contribution in [0.1, 0.15) is 32.0 Å². The summed E-state index contributed by atoms with van der Waals surface area (Å²) >= 11 is 3.50. The first-order chi connectivity index (χ1) is 8.25. The highest BCUT2D eigenvalue weighted by Gasteiger charge is 2.37. The van der Waals surface area contributed by atoms with Crippen molar-refractivity contribution in [3.8, 4) is 0 Å². The third-order valence-corrected chi connectivity index (χ3v) is 4.11. The van der Waals surface area contributed by atoms with Crippen LogP contribution in [0, 0.1) is 0 Å². The quantitative estimate of drug-likeness (QED) is 0.925. The van der Waals surface area contributed by atoms with Crippen LogP contribution in [0.15, 0.2) is 22.8 Å². The molecule has 0 bridgehead atoms. The topological polar surface area (TPSA) is 42.2 Å². The highest BCUT2D eigenvalue weighted by molar-refractivity contribution is 9.10. The zero-order chi connectivity index (χ0) is 11.9. The number of aromatic nitrogens is 3. The van der Waals surface area contributed by atoms with Gasteiger partial charge in [0.05, 0.1) is 5.54 Å². The Morgan fingerprint density at radius 1 is 1.47 bits per heavy atom. The number of rotatable bonds is 2. The van der Waals surface area contributed by atoms with Gasteiger partial charge < -0.3 is 5.32 Å². The maximum atomic E-state index is 4.39. The van der Waals surface area contributed by atoms with Gasteiger partial charge in [0.1, 0.15) is 0 Å². The van der Waals surface area contributed by atoms with Gasteiger partial charge in [-0.15, -0.1) is 10.2 Å². The van der Waals surface area contributed by atoms with Gasteiger partial charge >= 0.3 is 0 Å². The SMILES string of the molecule is CCC1(c2nnc3ccc(Br)cn23)CCCN1. The average Bonchev–Trinajstić information content (AvgIpc) is 2.94. The van der Waals surface area contributed by atoms with Crippen LogP contribution in [0.2, 0.25) is 0 Å². The lowest BCUT2D eigenvalue weighted by Crippen LogP contribution is -2.38. The molecular formula is C12H15BrN4. The Morgan fingerprint density at radius 3 is 3.06 bits per heavy atom. The molecule has 1 unspecified atom stereocenters. The Labute approximate surface area is 109 Å². The second kappa shape index (κ2) is 4.07. The standard InChI is InChI=1S/C12H15BrN4/c1-2-12(6-3-7-14-12)11-16-15-10-5-4-9(13)8-17(10)11/h4-5,8,14H,2-3,6-7H2,1H3.